The fraction of sp³-hybridized carbons (Fsp3) is 0.294. The summed E-state index contributed by atoms with van der Waals surface area (Å²) < 4.78 is 40.8. The van der Waals surface area contributed by atoms with Crippen LogP contribution in [-0.2, 0) is 5.54 Å². The Kier molecular flexibility index (Phi) is 5.75. The highest BCUT2D eigenvalue weighted by molar-refractivity contribution is 6.32. The van der Waals surface area contributed by atoms with Gasteiger partial charge in [0.2, 0.25) is 0 Å². The molecule has 1 atom stereocenters. The summed E-state index contributed by atoms with van der Waals surface area (Å²) in [5, 5.41) is 12.6. The quantitative estimate of drug-likeness (QED) is 0.754. The van der Waals surface area contributed by atoms with Gasteiger partial charge in [0.15, 0.2) is 5.54 Å². The smallest absolute Gasteiger partial charge is 0.404 e. The van der Waals surface area contributed by atoms with Crippen molar-refractivity contribution in [2.24, 2.45) is 0 Å². The minimum absolute atomic E-state index is 0.216. The molecule has 1 aromatic carbocycles. The summed E-state index contributed by atoms with van der Waals surface area (Å²) in [5.41, 5.74) is -0.211. The number of nitrogens with one attached hydrogen (secondary N) is 1. The number of nitrogens with zero attached hydrogens (tertiary/aromatic N) is 2. The highest BCUT2D eigenvalue weighted by atomic mass is 35.5. The monoisotopic (exact) mass is 369 g/mol. The molecular formula is C17H15ClF3N3O. The first-order valence-electron chi connectivity index (χ1n) is 7.46. The number of rotatable bonds is 6. The first-order valence-corrected chi connectivity index (χ1v) is 7.83. The second kappa shape index (κ2) is 7.62. The number of aromatic nitrogens is 1. The zero-order chi connectivity index (χ0) is 18.5. The van der Waals surface area contributed by atoms with Gasteiger partial charge in [0.05, 0.1) is 16.8 Å². The lowest BCUT2D eigenvalue weighted by atomic mass is 9.90. The van der Waals surface area contributed by atoms with Crippen LogP contribution in [0.25, 0.3) is 0 Å². The van der Waals surface area contributed by atoms with Crippen LogP contribution in [0.4, 0.5) is 18.9 Å². The third-order valence-electron chi connectivity index (χ3n) is 3.43. The van der Waals surface area contributed by atoms with Crippen molar-refractivity contribution in [3.63, 3.8) is 0 Å². The molecule has 0 bridgehead atoms. The van der Waals surface area contributed by atoms with Gasteiger partial charge in [0, 0.05) is 11.9 Å². The van der Waals surface area contributed by atoms with Gasteiger partial charge in [0.1, 0.15) is 5.75 Å². The molecule has 1 unspecified atom stereocenters. The lowest BCUT2D eigenvalue weighted by molar-refractivity contribution is -0.274. The Labute approximate surface area is 148 Å². The molecule has 1 heterocycles. The molecule has 0 aliphatic carbocycles. The average Bonchev–Trinajstić information content (AvgIpc) is 2.56. The Morgan fingerprint density at radius 3 is 2.56 bits per heavy atom. The maximum atomic E-state index is 12.3. The van der Waals surface area contributed by atoms with E-state index in [0.29, 0.717) is 24.2 Å². The molecule has 132 valence electrons. The number of alkyl halides is 3. The van der Waals surface area contributed by atoms with E-state index in [2.05, 4.69) is 21.1 Å². The minimum atomic E-state index is -4.83. The van der Waals surface area contributed by atoms with E-state index in [1.807, 2.05) is 6.92 Å². The van der Waals surface area contributed by atoms with Crippen LogP contribution in [0, 0.1) is 11.3 Å². The van der Waals surface area contributed by atoms with Crippen LogP contribution in [0.2, 0.25) is 5.02 Å². The van der Waals surface area contributed by atoms with Crippen LogP contribution >= 0.6 is 11.6 Å². The molecule has 2 aromatic rings. The van der Waals surface area contributed by atoms with Crippen LogP contribution in [0.15, 0.2) is 42.6 Å². The number of benzene rings is 1. The number of nitriles is 1. The van der Waals surface area contributed by atoms with E-state index in [-0.39, 0.29) is 5.02 Å². The summed E-state index contributed by atoms with van der Waals surface area (Å²) in [7, 11) is 0. The van der Waals surface area contributed by atoms with Crippen molar-refractivity contribution < 1.29 is 17.9 Å². The molecular weight excluding hydrogens is 355 g/mol. The summed E-state index contributed by atoms with van der Waals surface area (Å²) in [6.45, 7) is 1.92. The first-order chi connectivity index (χ1) is 11.8. The van der Waals surface area contributed by atoms with E-state index in [1.165, 1.54) is 12.1 Å². The lowest BCUT2D eigenvalue weighted by Crippen LogP contribution is -2.34. The highest BCUT2D eigenvalue weighted by Crippen LogP contribution is 2.35. The van der Waals surface area contributed by atoms with Gasteiger partial charge < -0.3 is 10.1 Å². The van der Waals surface area contributed by atoms with E-state index in [9.17, 15) is 18.4 Å². The van der Waals surface area contributed by atoms with Crippen molar-refractivity contribution in [1.29, 1.82) is 5.26 Å². The van der Waals surface area contributed by atoms with Gasteiger partial charge in [-0.3, -0.25) is 4.98 Å². The Balaban J connectivity index is 2.34. The van der Waals surface area contributed by atoms with E-state index in [4.69, 9.17) is 11.6 Å². The first kappa shape index (κ1) is 18.9. The van der Waals surface area contributed by atoms with Crippen LogP contribution in [0.3, 0.4) is 0 Å². The summed E-state index contributed by atoms with van der Waals surface area (Å²) in [5.74, 6) is -0.504. The maximum absolute atomic E-state index is 12.3. The van der Waals surface area contributed by atoms with E-state index >= 15 is 0 Å². The van der Waals surface area contributed by atoms with Gasteiger partial charge in [-0.05, 0) is 36.8 Å². The molecule has 0 saturated heterocycles. The molecule has 1 N–H and O–H groups in total. The average molecular weight is 370 g/mol. The highest BCUT2D eigenvalue weighted by Gasteiger charge is 2.34. The molecule has 1 aromatic heterocycles. The van der Waals surface area contributed by atoms with Crippen molar-refractivity contribution in [2.75, 3.05) is 5.32 Å². The number of hydrogen-bond acceptors (Lipinski definition) is 4. The molecule has 0 aliphatic heterocycles. The van der Waals surface area contributed by atoms with Crippen molar-refractivity contribution in [1.82, 2.24) is 4.98 Å². The molecule has 0 aliphatic rings. The third-order valence-corrected chi connectivity index (χ3v) is 3.73. The summed E-state index contributed by atoms with van der Waals surface area (Å²) >= 11 is 5.87. The Bertz CT molecular complexity index is 762. The molecule has 0 amide bonds. The second-order valence-corrected chi connectivity index (χ2v) is 5.71. The number of ether oxygens (including phenoxy) is 1. The molecule has 0 saturated carbocycles. The van der Waals surface area contributed by atoms with Gasteiger partial charge in [-0.1, -0.05) is 31.0 Å². The van der Waals surface area contributed by atoms with E-state index in [0.717, 1.165) is 6.07 Å². The molecule has 8 heteroatoms. The standard InChI is InChI=1S/C17H15ClF3N3O/c1-2-8-16(11-22,15-5-3-4-9-23-15)24-12-6-7-14(13(18)10-12)25-17(19,20)21/h3-7,9-10,24H,2,8H2,1H3. The SMILES string of the molecule is CCCC(C#N)(Nc1ccc(OC(F)(F)F)c(Cl)c1)c1ccccn1. The molecule has 2 rings (SSSR count). The molecule has 0 spiro atoms. The second-order valence-electron chi connectivity index (χ2n) is 5.30. The summed E-state index contributed by atoms with van der Waals surface area (Å²) in [6, 6.07) is 11.2. The van der Waals surface area contributed by atoms with Gasteiger partial charge >= 0.3 is 6.36 Å². The number of hydrogen-bond donors (Lipinski definition) is 1. The van der Waals surface area contributed by atoms with Crippen LogP contribution in [-0.4, -0.2) is 11.3 Å². The van der Waals surface area contributed by atoms with Crippen molar-refractivity contribution >= 4 is 17.3 Å². The van der Waals surface area contributed by atoms with Crippen LogP contribution < -0.4 is 10.1 Å². The Morgan fingerprint density at radius 1 is 1.28 bits per heavy atom. The van der Waals surface area contributed by atoms with Gasteiger partial charge in [-0.15, -0.1) is 13.2 Å². The topological polar surface area (TPSA) is 57.9 Å². The minimum Gasteiger partial charge on any atom is -0.404 e. The number of anilines is 1. The van der Waals surface area contributed by atoms with Gasteiger partial charge in [-0.2, -0.15) is 5.26 Å². The molecule has 4 nitrogen and oxygen atoms in total. The molecule has 0 radical (unpaired) electrons. The largest absolute Gasteiger partial charge is 0.573 e. The Hall–Kier alpha value is -2.46. The predicted octanol–water partition coefficient (Wildman–Crippen LogP) is 5.26. The van der Waals surface area contributed by atoms with Gasteiger partial charge in [-0.25, -0.2) is 0 Å². The zero-order valence-corrected chi connectivity index (χ0v) is 14.0. The van der Waals surface area contributed by atoms with Gasteiger partial charge in [0.25, 0.3) is 0 Å². The fourth-order valence-electron chi connectivity index (χ4n) is 2.42. The maximum Gasteiger partial charge on any atom is 0.573 e. The number of pyridine rings is 1. The van der Waals surface area contributed by atoms with Crippen molar-refractivity contribution in [3.8, 4) is 11.8 Å². The van der Waals surface area contributed by atoms with E-state index in [1.54, 1.807) is 24.4 Å². The van der Waals surface area contributed by atoms with Crippen molar-refractivity contribution in [2.45, 2.75) is 31.7 Å². The fourth-order valence-corrected chi connectivity index (χ4v) is 2.64. The number of halogens is 4. The summed E-state index contributed by atoms with van der Waals surface area (Å²) in [6.07, 6.45) is -2.10. The molecule has 0 fully saturated rings. The normalized spacial score (nSPS) is 13.6. The lowest BCUT2D eigenvalue weighted by Gasteiger charge is -2.28. The summed E-state index contributed by atoms with van der Waals surface area (Å²) in [4.78, 5) is 4.23. The zero-order valence-electron chi connectivity index (χ0n) is 13.3. The van der Waals surface area contributed by atoms with E-state index < -0.39 is 17.7 Å². The Morgan fingerprint density at radius 2 is 2.04 bits per heavy atom. The molecule has 25 heavy (non-hydrogen) atoms. The third kappa shape index (κ3) is 4.77. The van der Waals surface area contributed by atoms with Crippen LogP contribution in [0.1, 0.15) is 25.5 Å². The van der Waals surface area contributed by atoms with Crippen LogP contribution in [0.5, 0.6) is 5.75 Å². The van der Waals surface area contributed by atoms with Crippen molar-refractivity contribution in [3.05, 3.63) is 53.3 Å². The predicted molar refractivity (Wildman–Crippen MR) is 88.2 cm³/mol.